The van der Waals surface area contributed by atoms with E-state index >= 15 is 0 Å². The molecule has 0 saturated heterocycles. The number of pyridine rings is 1. The molecule has 1 atom stereocenters. The number of carbonyl (C=O) groups excluding carboxylic acids is 1. The minimum Gasteiger partial charge on any atom is -0.491 e. The van der Waals surface area contributed by atoms with Crippen molar-refractivity contribution in [2.75, 3.05) is 6.61 Å². The third-order valence-corrected chi connectivity index (χ3v) is 5.37. The Labute approximate surface area is 189 Å². The Morgan fingerprint density at radius 1 is 1.26 bits per heavy atom. The van der Waals surface area contributed by atoms with Crippen molar-refractivity contribution in [3.05, 3.63) is 77.1 Å². The molecule has 0 aliphatic carbocycles. The number of amides is 1. The van der Waals surface area contributed by atoms with Gasteiger partial charge in [0.1, 0.15) is 22.7 Å². The summed E-state index contributed by atoms with van der Waals surface area (Å²) < 4.78 is 63.0. The van der Waals surface area contributed by atoms with Gasteiger partial charge in [-0.05, 0) is 35.9 Å². The lowest BCUT2D eigenvalue weighted by Crippen LogP contribution is -2.50. The zero-order valence-electron chi connectivity index (χ0n) is 17.5. The predicted molar refractivity (Wildman–Crippen MR) is 108 cm³/mol. The summed E-state index contributed by atoms with van der Waals surface area (Å²) in [7, 11) is 1.48. The van der Waals surface area contributed by atoms with Gasteiger partial charge in [0.05, 0.1) is 12.2 Å². The summed E-state index contributed by atoms with van der Waals surface area (Å²) in [6, 6.07) is 7.19. The number of aromatic nitrogens is 2. The van der Waals surface area contributed by atoms with Crippen molar-refractivity contribution < 1.29 is 41.7 Å². The topological polar surface area (TPSA) is 103 Å². The molecule has 2 aromatic heterocycles. The van der Waals surface area contributed by atoms with E-state index in [1.165, 1.54) is 36.1 Å². The van der Waals surface area contributed by atoms with E-state index in [1.54, 1.807) is 12.1 Å². The number of hydrogen-bond donors (Lipinski definition) is 2. The second-order valence-corrected chi connectivity index (χ2v) is 7.53. The fourth-order valence-electron chi connectivity index (χ4n) is 3.87. The Kier molecular flexibility index (Phi) is 5.67. The molecule has 0 spiro atoms. The molecule has 1 aromatic carbocycles. The number of alkyl halides is 3. The van der Waals surface area contributed by atoms with Crippen LogP contribution in [0, 0.1) is 5.82 Å². The van der Waals surface area contributed by atoms with Crippen LogP contribution in [0.25, 0.3) is 0 Å². The van der Waals surface area contributed by atoms with Gasteiger partial charge in [-0.3, -0.25) is 9.78 Å². The molecule has 4 rings (SSSR count). The van der Waals surface area contributed by atoms with E-state index in [2.05, 4.69) is 15.0 Å². The van der Waals surface area contributed by atoms with Crippen LogP contribution in [0.3, 0.4) is 0 Å². The molecule has 12 heteroatoms. The average Bonchev–Trinajstić information content (AvgIpc) is 3.16. The number of carboxylic acid groups (broad SMARTS) is 1. The Hall–Kier alpha value is -4.09. The van der Waals surface area contributed by atoms with Crippen molar-refractivity contribution in [1.29, 1.82) is 0 Å². The van der Waals surface area contributed by atoms with Crippen LogP contribution < -0.4 is 14.8 Å². The minimum absolute atomic E-state index is 0.00163. The molecule has 0 saturated carbocycles. The van der Waals surface area contributed by atoms with Crippen molar-refractivity contribution in [1.82, 2.24) is 14.9 Å². The fourth-order valence-corrected chi connectivity index (χ4v) is 3.87. The fraction of sp³-hybridized carbons (Fsp3) is 0.227. The van der Waals surface area contributed by atoms with Gasteiger partial charge in [-0.2, -0.15) is 0 Å². The second kappa shape index (κ2) is 8.36. The molecule has 0 radical (unpaired) electrons. The quantitative estimate of drug-likeness (QED) is 0.542. The minimum atomic E-state index is -5.09. The van der Waals surface area contributed by atoms with Crippen LogP contribution in [-0.2, 0) is 12.6 Å². The van der Waals surface area contributed by atoms with Gasteiger partial charge in [0, 0.05) is 25.9 Å². The number of carbonyl (C=O) groups is 2. The summed E-state index contributed by atoms with van der Waals surface area (Å²) in [6.45, 7) is 0.0783. The van der Waals surface area contributed by atoms with Gasteiger partial charge in [0.25, 0.3) is 5.91 Å². The molecule has 178 valence electrons. The van der Waals surface area contributed by atoms with Crippen LogP contribution in [0.4, 0.5) is 17.6 Å². The Morgan fingerprint density at radius 2 is 2.03 bits per heavy atom. The molecular weight excluding hydrogens is 462 g/mol. The van der Waals surface area contributed by atoms with Gasteiger partial charge in [-0.25, -0.2) is 9.18 Å². The first-order valence-electron chi connectivity index (χ1n) is 9.86. The molecule has 8 nitrogen and oxygen atoms in total. The second-order valence-electron chi connectivity index (χ2n) is 7.53. The van der Waals surface area contributed by atoms with E-state index in [0.29, 0.717) is 5.75 Å². The first kappa shape index (κ1) is 23.1. The molecule has 3 aromatic rings. The van der Waals surface area contributed by atoms with Crippen LogP contribution in [-0.4, -0.2) is 39.5 Å². The van der Waals surface area contributed by atoms with E-state index in [9.17, 15) is 32.3 Å². The molecule has 34 heavy (non-hydrogen) atoms. The highest BCUT2D eigenvalue weighted by Crippen LogP contribution is 2.42. The smallest absolute Gasteiger partial charge is 0.491 e. The summed E-state index contributed by atoms with van der Waals surface area (Å²) >= 11 is 0. The SMILES string of the molecule is Cn1cc(C(=O)O)cc1C(=O)N[C@]1(c2ccc(OC(F)(F)F)c(F)c2)CCOc2cccnc21. The van der Waals surface area contributed by atoms with E-state index < -0.39 is 35.3 Å². The van der Waals surface area contributed by atoms with E-state index in [4.69, 9.17) is 4.74 Å². The molecule has 2 N–H and O–H groups in total. The molecular formula is C22H17F4N3O5. The number of rotatable bonds is 5. The molecule has 0 bridgehead atoms. The maximum Gasteiger partial charge on any atom is 0.573 e. The van der Waals surface area contributed by atoms with Crippen LogP contribution in [0.2, 0.25) is 0 Å². The number of aryl methyl sites for hydroxylation is 1. The number of ether oxygens (including phenoxy) is 2. The summed E-state index contributed by atoms with van der Waals surface area (Å²) in [4.78, 5) is 28.8. The lowest BCUT2D eigenvalue weighted by Gasteiger charge is -2.39. The maximum atomic E-state index is 14.6. The third-order valence-electron chi connectivity index (χ3n) is 5.37. The number of hydrogen-bond acceptors (Lipinski definition) is 5. The summed E-state index contributed by atoms with van der Waals surface area (Å²) in [6.07, 6.45) is -2.34. The first-order valence-corrected chi connectivity index (χ1v) is 9.86. The highest BCUT2D eigenvalue weighted by molar-refractivity contribution is 5.97. The standard InChI is InChI=1S/C22H17F4N3O5/c1-29-11-12(20(31)32)9-15(29)19(30)28-21(6-8-33-17-3-2-7-27-18(17)21)13-4-5-16(14(23)10-13)34-22(24,25)26/h2-5,7,9-11H,6,8H2,1H3,(H,28,30)(H,31,32)/t21-/m0/s1. The Balaban J connectivity index is 1.81. The van der Waals surface area contributed by atoms with Gasteiger partial charge in [-0.15, -0.1) is 13.2 Å². The van der Waals surface area contributed by atoms with Crippen LogP contribution in [0.1, 0.15) is 38.5 Å². The normalized spacial score (nSPS) is 17.4. The Bertz CT molecular complexity index is 1270. The third kappa shape index (κ3) is 4.26. The van der Waals surface area contributed by atoms with Crippen molar-refractivity contribution in [3.63, 3.8) is 0 Å². The lowest BCUT2D eigenvalue weighted by atomic mass is 9.81. The summed E-state index contributed by atoms with van der Waals surface area (Å²) in [5.74, 6) is -3.96. The highest BCUT2D eigenvalue weighted by Gasteiger charge is 2.43. The Morgan fingerprint density at radius 3 is 2.68 bits per heavy atom. The van der Waals surface area contributed by atoms with Crippen molar-refractivity contribution in [2.45, 2.75) is 18.3 Å². The molecule has 3 heterocycles. The zero-order valence-corrected chi connectivity index (χ0v) is 17.5. The first-order chi connectivity index (χ1) is 16.0. The summed E-state index contributed by atoms with van der Waals surface area (Å²) in [5, 5.41) is 12.0. The molecule has 1 amide bonds. The van der Waals surface area contributed by atoms with Gasteiger partial charge >= 0.3 is 12.3 Å². The lowest BCUT2D eigenvalue weighted by molar-refractivity contribution is -0.275. The molecule has 0 fully saturated rings. The van der Waals surface area contributed by atoms with E-state index in [0.717, 1.165) is 12.1 Å². The average molecular weight is 479 g/mol. The predicted octanol–water partition coefficient (Wildman–Crippen LogP) is 3.61. The van der Waals surface area contributed by atoms with Crippen molar-refractivity contribution in [3.8, 4) is 11.5 Å². The van der Waals surface area contributed by atoms with Crippen LogP contribution >= 0.6 is 0 Å². The zero-order chi connectivity index (χ0) is 24.7. The van der Waals surface area contributed by atoms with Crippen molar-refractivity contribution >= 4 is 11.9 Å². The largest absolute Gasteiger partial charge is 0.573 e. The van der Waals surface area contributed by atoms with Gasteiger partial charge in [0.15, 0.2) is 11.6 Å². The highest BCUT2D eigenvalue weighted by atomic mass is 19.4. The van der Waals surface area contributed by atoms with Gasteiger partial charge in [0.2, 0.25) is 0 Å². The number of aromatic carboxylic acids is 1. The van der Waals surface area contributed by atoms with Crippen LogP contribution in [0.5, 0.6) is 11.5 Å². The maximum absolute atomic E-state index is 14.6. The number of benzene rings is 1. The van der Waals surface area contributed by atoms with Crippen LogP contribution in [0.15, 0.2) is 48.8 Å². The molecule has 1 aliphatic rings. The number of carboxylic acids is 1. The number of nitrogens with zero attached hydrogens (tertiary/aromatic N) is 2. The monoisotopic (exact) mass is 479 g/mol. The van der Waals surface area contributed by atoms with E-state index in [-0.39, 0.29) is 35.5 Å². The van der Waals surface area contributed by atoms with E-state index in [1.807, 2.05) is 0 Å². The number of halogens is 4. The molecule has 0 unspecified atom stereocenters. The number of fused-ring (bicyclic) bond motifs is 1. The van der Waals surface area contributed by atoms with Crippen molar-refractivity contribution in [2.24, 2.45) is 7.05 Å². The van der Waals surface area contributed by atoms with Gasteiger partial charge < -0.3 is 24.5 Å². The number of nitrogens with one attached hydrogen (secondary N) is 1. The molecule has 1 aliphatic heterocycles. The van der Waals surface area contributed by atoms with Gasteiger partial charge in [-0.1, -0.05) is 6.07 Å². The summed E-state index contributed by atoms with van der Waals surface area (Å²) in [5.41, 5.74) is -1.29.